The number of nitrogens with one attached hydrogen (secondary N) is 1. The molecule has 0 atom stereocenters. The summed E-state index contributed by atoms with van der Waals surface area (Å²) in [5.41, 5.74) is 5.79. The first-order valence-corrected chi connectivity index (χ1v) is 21.3. The minimum absolute atomic E-state index is 0.0376. The third kappa shape index (κ3) is 9.94. The molecule has 0 unspecified atom stereocenters. The Bertz CT molecular complexity index is 2500. The number of carbonyl (C=O) groups excluding carboxylic acids is 2. The highest BCUT2D eigenvalue weighted by atomic mass is 32.2. The van der Waals surface area contributed by atoms with Gasteiger partial charge in [-0.3, -0.25) is 19.7 Å². The number of fused-ring (bicyclic) bond motifs is 2. The van der Waals surface area contributed by atoms with Crippen molar-refractivity contribution in [3.05, 3.63) is 133 Å². The van der Waals surface area contributed by atoms with E-state index in [2.05, 4.69) is 5.32 Å². The van der Waals surface area contributed by atoms with E-state index in [-0.39, 0.29) is 66.7 Å². The molecule has 1 N–H and O–H groups in total. The van der Waals surface area contributed by atoms with Crippen molar-refractivity contribution in [2.75, 3.05) is 40.4 Å². The molecule has 14 heteroatoms. The van der Waals surface area contributed by atoms with Crippen LogP contribution in [0.2, 0.25) is 0 Å². The number of halogens is 2. The number of esters is 2. The van der Waals surface area contributed by atoms with Gasteiger partial charge in [0.05, 0.1) is 37.7 Å². The van der Waals surface area contributed by atoms with E-state index < -0.39 is 20.7 Å². The molecular formula is C45H49F2N3O8S. The minimum atomic E-state index is -3.78. The molecule has 7 rings (SSSR count). The summed E-state index contributed by atoms with van der Waals surface area (Å²) in [5, 5.41) is 18.2. The van der Waals surface area contributed by atoms with Crippen LogP contribution in [-0.4, -0.2) is 70.0 Å². The van der Waals surface area contributed by atoms with Gasteiger partial charge in [-0.25, -0.2) is 21.5 Å². The van der Waals surface area contributed by atoms with Gasteiger partial charge in [0.25, 0.3) is 5.69 Å². The van der Waals surface area contributed by atoms with Crippen LogP contribution in [-0.2, 0) is 47.7 Å². The number of sulfonamides is 1. The maximum absolute atomic E-state index is 14.2. The zero-order chi connectivity index (χ0) is 42.4. The Morgan fingerprint density at radius 3 is 1.69 bits per heavy atom. The number of rotatable bonds is 10. The highest BCUT2D eigenvalue weighted by molar-refractivity contribution is 7.88. The Morgan fingerprint density at radius 1 is 0.746 bits per heavy atom. The lowest BCUT2D eigenvalue weighted by Crippen LogP contribution is -2.38. The first-order chi connectivity index (χ1) is 28.2. The van der Waals surface area contributed by atoms with Gasteiger partial charge in [-0.05, 0) is 144 Å². The molecule has 0 bridgehead atoms. The summed E-state index contributed by atoms with van der Waals surface area (Å²) in [5.74, 6) is -1.28. The summed E-state index contributed by atoms with van der Waals surface area (Å²) in [6.07, 6.45) is 3.43. The van der Waals surface area contributed by atoms with Crippen molar-refractivity contribution in [2.24, 2.45) is 0 Å². The lowest BCUT2D eigenvalue weighted by Gasteiger charge is -2.33. The standard InChI is InChI=1S/C26H27FN2O6S.C19H22FNO2/c1-17-21(14-25(30)35-2)13-19-7-8-22(27)15-23(19)26(17)18-9-11-28(12-10-18)36(33,34)16-20-5-3-4-6-24(20)29(31)32;1-12-15(10-18(22)23-2)9-14-3-4-16(20)11-17(14)19(12)13-5-7-21-8-6-13/h3-8,13,15,18H,9-12,14,16H2,1-2H3;3-4,9,11,13,21H,5-8,10H2,1-2H3. The molecule has 59 heavy (non-hydrogen) atoms. The average molecular weight is 830 g/mol. The van der Waals surface area contributed by atoms with E-state index in [1.165, 1.54) is 60.5 Å². The fourth-order valence-corrected chi connectivity index (χ4v) is 10.2. The highest BCUT2D eigenvalue weighted by Gasteiger charge is 2.32. The Hall–Kier alpha value is -5.31. The quantitative estimate of drug-likeness (QED) is 0.0839. The zero-order valence-electron chi connectivity index (χ0n) is 33.7. The predicted octanol–water partition coefficient (Wildman–Crippen LogP) is 8.09. The SMILES string of the molecule is COC(=O)Cc1cc2ccc(F)cc2c(C2CCN(S(=O)(=O)Cc3ccccc3[N+](=O)[O-])CC2)c1C.COC(=O)Cc1cc2ccc(F)cc2c(C2CCNCC2)c1C. The van der Waals surface area contributed by atoms with E-state index >= 15 is 0 Å². The van der Waals surface area contributed by atoms with Crippen molar-refractivity contribution in [3.8, 4) is 0 Å². The lowest BCUT2D eigenvalue weighted by atomic mass is 9.82. The Balaban J connectivity index is 0.000000219. The van der Waals surface area contributed by atoms with Gasteiger partial charge in [-0.15, -0.1) is 0 Å². The van der Waals surface area contributed by atoms with E-state index in [1.807, 2.05) is 26.0 Å². The van der Waals surface area contributed by atoms with Crippen LogP contribution < -0.4 is 5.32 Å². The van der Waals surface area contributed by atoms with Crippen molar-refractivity contribution in [3.63, 3.8) is 0 Å². The van der Waals surface area contributed by atoms with E-state index in [0.717, 1.165) is 75.3 Å². The first kappa shape index (κ1) is 43.3. The average Bonchev–Trinajstić information content (AvgIpc) is 3.22. The third-order valence-corrected chi connectivity index (χ3v) is 13.5. The van der Waals surface area contributed by atoms with Crippen molar-refractivity contribution in [1.29, 1.82) is 0 Å². The van der Waals surface area contributed by atoms with Crippen LogP contribution in [0, 0.1) is 35.6 Å². The van der Waals surface area contributed by atoms with Gasteiger partial charge in [0.15, 0.2) is 0 Å². The Morgan fingerprint density at radius 2 is 1.22 bits per heavy atom. The van der Waals surface area contributed by atoms with Gasteiger partial charge in [0, 0.05) is 24.7 Å². The second kappa shape index (κ2) is 18.7. The van der Waals surface area contributed by atoms with E-state index in [1.54, 1.807) is 24.3 Å². The predicted molar refractivity (Wildman–Crippen MR) is 223 cm³/mol. The van der Waals surface area contributed by atoms with Crippen LogP contribution in [0.15, 0.2) is 72.8 Å². The summed E-state index contributed by atoms with van der Waals surface area (Å²) >= 11 is 0. The number of piperidine rings is 2. The molecule has 2 aliphatic heterocycles. The van der Waals surface area contributed by atoms with E-state index in [4.69, 9.17) is 9.47 Å². The number of carbonyl (C=O) groups is 2. The summed E-state index contributed by atoms with van der Waals surface area (Å²) in [4.78, 5) is 34.4. The normalized spacial score (nSPS) is 15.4. The van der Waals surface area contributed by atoms with Crippen molar-refractivity contribution >= 4 is 49.2 Å². The molecule has 0 spiro atoms. The molecule has 2 saturated heterocycles. The van der Waals surface area contributed by atoms with Crippen molar-refractivity contribution < 1.29 is 41.2 Å². The smallest absolute Gasteiger partial charge is 0.309 e. The first-order valence-electron chi connectivity index (χ1n) is 19.7. The minimum Gasteiger partial charge on any atom is -0.469 e. The van der Waals surface area contributed by atoms with Crippen LogP contribution in [0.3, 0.4) is 0 Å². The van der Waals surface area contributed by atoms with Gasteiger partial charge in [-0.1, -0.05) is 42.5 Å². The molecule has 2 fully saturated rings. The number of benzene rings is 5. The van der Waals surface area contributed by atoms with Gasteiger partial charge in [0.2, 0.25) is 10.0 Å². The van der Waals surface area contributed by atoms with Gasteiger partial charge in [0.1, 0.15) is 11.6 Å². The molecule has 5 aromatic carbocycles. The number of para-hydroxylation sites is 1. The number of nitrogens with zero attached hydrogens (tertiary/aromatic N) is 2. The number of ether oxygens (including phenoxy) is 2. The topological polar surface area (TPSA) is 145 Å². The largest absolute Gasteiger partial charge is 0.469 e. The molecule has 0 aromatic heterocycles. The van der Waals surface area contributed by atoms with Gasteiger partial charge < -0.3 is 14.8 Å². The fourth-order valence-electron chi connectivity index (χ4n) is 8.62. The van der Waals surface area contributed by atoms with Crippen LogP contribution in [0.4, 0.5) is 14.5 Å². The van der Waals surface area contributed by atoms with Crippen LogP contribution in [0.5, 0.6) is 0 Å². The lowest BCUT2D eigenvalue weighted by molar-refractivity contribution is -0.385. The molecule has 2 heterocycles. The van der Waals surface area contributed by atoms with E-state index in [0.29, 0.717) is 18.8 Å². The molecule has 2 aliphatic rings. The summed E-state index contributed by atoms with van der Waals surface area (Å²) in [6.45, 7) is 6.37. The monoisotopic (exact) mass is 829 g/mol. The molecule has 0 radical (unpaired) electrons. The number of nitro groups is 1. The van der Waals surface area contributed by atoms with Crippen molar-refractivity contribution in [1.82, 2.24) is 9.62 Å². The molecule has 312 valence electrons. The van der Waals surface area contributed by atoms with Gasteiger partial charge in [-0.2, -0.15) is 0 Å². The fraction of sp³-hybridized carbons (Fsp3) is 0.378. The second-order valence-electron chi connectivity index (χ2n) is 15.2. The maximum atomic E-state index is 14.2. The molecule has 0 saturated carbocycles. The van der Waals surface area contributed by atoms with Crippen LogP contribution >= 0.6 is 0 Å². The Labute approximate surface area is 342 Å². The Kier molecular flexibility index (Phi) is 13.7. The number of nitro benzene ring substituents is 1. The van der Waals surface area contributed by atoms with Crippen molar-refractivity contribution in [2.45, 2.75) is 70.0 Å². The summed E-state index contributed by atoms with van der Waals surface area (Å²) in [6, 6.07) is 19.2. The molecule has 5 aromatic rings. The molecular weight excluding hydrogens is 781 g/mol. The van der Waals surface area contributed by atoms with Gasteiger partial charge >= 0.3 is 11.9 Å². The third-order valence-electron chi connectivity index (χ3n) is 11.7. The van der Waals surface area contributed by atoms with Crippen LogP contribution in [0.25, 0.3) is 21.5 Å². The summed E-state index contributed by atoms with van der Waals surface area (Å²) in [7, 11) is -1.04. The maximum Gasteiger partial charge on any atom is 0.309 e. The molecule has 0 amide bonds. The van der Waals surface area contributed by atoms with Crippen LogP contribution in [0.1, 0.15) is 76.5 Å². The molecule has 11 nitrogen and oxygen atoms in total. The number of hydrogen-bond donors (Lipinski definition) is 1. The highest BCUT2D eigenvalue weighted by Crippen LogP contribution is 2.39. The number of methoxy groups -OCH3 is 2. The van der Waals surface area contributed by atoms with E-state index in [9.17, 15) is 36.9 Å². The number of hydrogen-bond acceptors (Lipinski definition) is 9. The molecule has 0 aliphatic carbocycles. The summed E-state index contributed by atoms with van der Waals surface area (Å²) < 4.78 is 65.2. The zero-order valence-corrected chi connectivity index (χ0v) is 34.5. The second-order valence-corrected chi connectivity index (χ2v) is 17.2.